The average Bonchev–Trinajstić information content (AvgIpc) is 2.29. The Kier molecular flexibility index (Phi) is 2.16. The van der Waals surface area contributed by atoms with Crippen LogP contribution in [-0.2, 0) is 7.05 Å². The topological polar surface area (TPSA) is 39.1 Å². The molecule has 1 aliphatic heterocycles. The van der Waals surface area contributed by atoms with Crippen LogP contribution in [0, 0.1) is 11.7 Å². The zero-order valence-electron chi connectivity index (χ0n) is 9.52. The Balaban J connectivity index is 2.17. The molecule has 0 radical (unpaired) electrons. The summed E-state index contributed by atoms with van der Waals surface area (Å²) in [6.07, 6.45) is 1.84. The molecule has 0 atom stereocenters. The molecule has 1 aromatic carbocycles. The van der Waals surface area contributed by atoms with E-state index in [2.05, 4.69) is 10.3 Å². The molecule has 0 aliphatic carbocycles. The van der Waals surface area contributed by atoms with E-state index in [1.807, 2.05) is 38.4 Å². The minimum Gasteiger partial charge on any atom is -0.450 e. The monoisotopic (exact) mass is 245 g/mol. The highest BCUT2D eigenvalue weighted by Crippen LogP contribution is 2.41. The zero-order chi connectivity index (χ0) is 12.0. The van der Waals surface area contributed by atoms with Gasteiger partial charge in [-0.05, 0) is 30.8 Å². The van der Waals surface area contributed by atoms with Crippen molar-refractivity contribution in [2.24, 2.45) is 7.05 Å². The quantitative estimate of drug-likeness (QED) is 0.617. The highest BCUT2D eigenvalue weighted by atomic mass is 32.1. The Morgan fingerprint density at radius 1 is 1.35 bits per heavy atom. The van der Waals surface area contributed by atoms with Crippen molar-refractivity contribution in [3.63, 3.8) is 0 Å². The number of aryl methyl sites for hydroxylation is 2. The lowest BCUT2D eigenvalue weighted by molar-refractivity contribution is 0.470. The van der Waals surface area contributed by atoms with Gasteiger partial charge in [-0.1, -0.05) is 12.1 Å². The number of nitrogens with one attached hydrogen (secondary N) is 1. The fourth-order valence-electron chi connectivity index (χ4n) is 1.81. The molecule has 0 unspecified atom stereocenters. The molecule has 0 fully saturated rings. The lowest BCUT2D eigenvalue weighted by Crippen LogP contribution is -2.09. The summed E-state index contributed by atoms with van der Waals surface area (Å²) in [6, 6.07) is 5.92. The van der Waals surface area contributed by atoms with Crippen LogP contribution in [0.3, 0.4) is 0 Å². The number of rotatable bonds is 0. The van der Waals surface area contributed by atoms with Crippen LogP contribution in [0.5, 0.6) is 11.5 Å². The van der Waals surface area contributed by atoms with Crippen molar-refractivity contribution in [2.45, 2.75) is 6.92 Å². The van der Waals surface area contributed by atoms with Gasteiger partial charge in [0.05, 0.1) is 11.9 Å². The predicted octanol–water partition coefficient (Wildman–Crippen LogP) is 3.31. The maximum absolute atomic E-state index is 5.80. The molecule has 0 saturated carbocycles. The lowest BCUT2D eigenvalue weighted by Gasteiger charge is -2.22. The van der Waals surface area contributed by atoms with Gasteiger partial charge in [0.15, 0.2) is 17.3 Å². The lowest BCUT2D eigenvalue weighted by atomic mass is 10.1. The van der Waals surface area contributed by atoms with Crippen molar-refractivity contribution in [3.8, 4) is 11.5 Å². The fraction of sp³-hybridized carbons (Fsp3) is 0.167. The Morgan fingerprint density at radius 2 is 2.18 bits per heavy atom. The van der Waals surface area contributed by atoms with Gasteiger partial charge in [-0.25, -0.2) is 0 Å². The fourth-order valence-corrected chi connectivity index (χ4v) is 1.95. The van der Waals surface area contributed by atoms with Crippen LogP contribution in [0.25, 0.3) is 0 Å². The minimum atomic E-state index is 0.525. The first kappa shape index (κ1) is 10.3. The Hall–Kier alpha value is -1.88. The normalized spacial score (nSPS) is 12.1. The molecule has 0 amide bonds. The summed E-state index contributed by atoms with van der Waals surface area (Å²) in [7, 11) is 1.85. The summed E-state index contributed by atoms with van der Waals surface area (Å²) < 4.78 is 8.09. The number of para-hydroxylation sites is 1. The number of ether oxygens (including phenoxy) is 1. The SMILES string of the molecule is Cc1cccc2c1Nc1nc(=S)n(C)cc1O2. The molecule has 86 valence electrons. The molecule has 17 heavy (non-hydrogen) atoms. The van der Waals surface area contributed by atoms with Crippen molar-refractivity contribution < 1.29 is 4.74 Å². The molecule has 1 N–H and O–H groups in total. The maximum Gasteiger partial charge on any atom is 0.201 e. The van der Waals surface area contributed by atoms with Gasteiger partial charge < -0.3 is 14.6 Å². The number of aromatic nitrogens is 2. The largest absolute Gasteiger partial charge is 0.450 e. The Morgan fingerprint density at radius 3 is 3.00 bits per heavy atom. The first-order valence-electron chi connectivity index (χ1n) is 5.27. The molecular formula is C12H11N3OS. The van der Waals surface area contributed by atoms with Crippen LogP contribution in [0.4, 0.5) is 11.5 Å². The molecule has 5 heteroatoms. The zero-order valence-corrected chi connectivity index (χ0v) is 10.3. The van der Waals surface area contributed by atoms with E-state index in [0.717, 1.165) is 17.0 Å². The number of benzene rings is 1. The van der Waals surface area contributed by atoms with Crippen molar-refractivity contribution in [2.75, 3.05) is 5.32 Å². The third kappa shape index (κ3) is 1.59. The van der Waals surface area contributed by atoms with Crippen molar-refractivity contribution in [1.82, 2.24) is 9.55 Å². The van der Waals surface area contributed by atoms with E-state index in [0.29, 0.717) is 16.3 Å². The Bertz CT molecular complexity index is 663. The molecule has 0 bridgehead atoms. The van der Waals surface area contributed by atoms with Crippen LogP contribution in [0.2, 0.25) is 0 Å². The third-order valence-corrected chi connectivity index (χ3v) is 3.13. The van der Waals surface area contributed by atoms with E-state index < -0.39 is 0 Å². The molecule has 1 aliphatic rings. The van der Waals surface area contributed by atoms with Gasteiger partial charge >= 0.3 is 0 Å². The van der Waals surface area contributed by atoms with Crippen LogP contribution in [-0.4, -0.2) is 9.55 Å². The van der Waals surface area contributed by atoms with Gasteiger partial charge in [0.25, 0.3) is 0 Å². The van der Waals surface area contributed by atoms with Crippen LogP contribution in [0.1, 0.15) is 5.56 Å². The predicted molar refractivity (Wildman–Crippen MR) is 68.6 cm³/mol. The van der Waals surface area contributed by atoms with Gasteiger partial charge in [-0.3, -0.25) is 0 Å². The second-order valence-electron chi connectivity index (χ2n) is 4.02. The summed E-state index contributed by atoms with van der Waals surface area (Å²) in [6.45, 7) is 2.03. The van der Waals surface area contributed by atoms with E-state index in [1.54, 1.807) is 4.57 Å². The summed E-state index contributed by atoms with van der Waals surface area (Å²) in [5.74, 6) is 2.19. The number of anilines is 2. The molecule has 4 nitrogen and oxygen atoms in total. The van der Waals surface area contributed by atoms with E-state index in [9.17, 15) is 0 Å². The maximum atomic E-state index is 5.80. The van der Waals surface area contributed by atoms with Gasteiger partial charge in [0.2, 0.25) is 4.77 Å². The van der Waals surface area contributed by atoms with E-state index in [4.69, 9.17) is 17.0 Å². The second-order valence-corrected chi connectivity index (χ2v) is 4.39. The highest BCUT2D eigenvalue weighted by Gasteiger charge is 2.19. The van der Waals surface area contributed by atoms with E-state index in [-0.39, 0.29) is 0 Å². The Labute approximate surface area is 104 Å². The van der Waals surface area contributed by atoms with Crippen LogP contribution >= 0.6 is 12.2 Å². The summed E-state index contributed by atoms with van der Waals surface area (Å²) in [5, 5.41) is 3.26. The molecule has 2 aromatic rings. The standard InChI is InChI=1S/C12H11N3OS/c1-7-4-3-5-8-10(7)13-11-9(16-8)6-15(2)12(17)14-11/h3-6H,1-2H3,(H,13,14,17). The molecule has 2 heterocycles. The van der Waals surface area contributed by atoms with Gasteiger partial charge in [0.1, 0.15) is 0 Å². The first-order valence-corrected chi connectivity index (χ1v) is 5.68. The molecule has 0 saturated heterocycles. The molecule has 1 aromatic heterocycles. The highest BCUT2D eigenvalue weighted by molar-refractivity contribution is 7.71. The number of fused-ring (bicyclic) bond motifs is 2. The summed E-state index contributed by atoms with van der Waals surface area (Å²) in [4.78, 5) is 4.29. The van der Waals surface area contributed by atoms with E-state index >= 15 is 0 Å². The van der Waals surface area contributed by atoms with Crippen molar-refractivity contribution in [3.05, 3.63) is 34.7 Å². The molecule has 0 spiro atoms. The average molecular weight is 245 g/mol. The number of hydrogen-bond acceptors (Lipinski definition) is 4. The molecule has 3 rings (SSSR count). The number of nitrogens with zero attached hydrogens (tertiary/aromatic N) is 2. The smallest absolute Gasteiger partial charge is 0.201 e. The third-order valence-electron chi connectivity index (χ3n) is 2.75. The second kappa shape index (κ2) is 3.56. The van der Waals surface area contributed by atoms with Crippen molar-refractivity contribution >= 4 is 23.7 Å². The summed E-state index contributed by atoms with van der Waals surface area (Å²) in [5.41, 5.74) is 2.07. The van der Waals surface area contributed by atoms with Crippen molar-refractivity contribution in [1.29, 1.82) is 0 Å². The van der Waals surface area contributed by atoms with E-state index in [1.165, 1.54) is 0 Å². The minimum absolute atomic E-state index is 0.525. The number of hydrogen-bond donors (Lipinski definition) is 1. The first-order chi connectivity index (χ1) is 8.15. The van der Waals surface area contributed by atoms with Gasteiger partial charge in [0, 0.05) is 7.05 Å². The van der Waals surface area contributed by atoms with Crippen LogP contribution < -0.4 is 10.1 Å². The van der Waals surface area contributed by atoms with Gasteiger partial charge in [-0.15, -0.1) is 0 Å². The van der Waals surface area contributed by atoms with Crippen LogP contribution in [0.15, 0.2) is 24.4 Å². The summed E-state index contributed by atoms with van der Waals surface area (Å²) >= 11 is 5.13. The van der Waals surface area contributed by atoms with Gasteiger partial charge in [-0.2, -0.15) is 4.98 Å². The molecular weight excluding hydrogens is 234 g/mol.